The van der Waals surface area contributed by atoms with E-state index >= 15 is 8.78 Å². The van der Waals surface area contributed by atoms with Crippen LogP contribution in [0.5, 0.6) is 0 Å². The smallest absolute Gasteiger partial charge is 0.262 e. The van der Waals surface area contributed by atoms with Crippen molar-refractivity contribution in [3.63, 3.8) is 0 Å². The predicted octanol–water partition coefficient (Wildman–Crippen LogP) is 8.73. The first-order valence-corrected chi connectivity index (χ1v) is 15.6. The summed E-state index contributed by atoms with van der Waals surface area (Å²) in [5.74, 6) is -3.91. The van der Waals surface area contributed by atoms with Crippen LogP contribution in [0.25, 0.3) is 43.1 Å². The second kappa shape index (κ2) is 9.75. The highest BCUT2D eigenvalue weighted by atomic mass is 19.1. The van der Waals surface area contributed by atoms with Crippen molar-refractivity contribution in [3.8, 4) is 0 Å². The van der Waals surface area contributed by atoms with Gasteiger partial charge < -0.3 is 0 Å². The summed E-state index contributed by atoms with van der Waals surface area (Å²) in [4.78, 5) is 58.3. The van der Waals surface area contributed by atoms with Crippen molar-refractivity contribution in [1.82, 2.24) is 9.80 Å². The van der Waals surface area contributed by atoms with Gasteiger partial charge in [-0.2, -0.15) is 0 Å². The highest BCUT2D eigenvalue weighted by molar-refractivity contribution is 6.41. The Morgan fingerprint density at radius 3 is 1.23 bits per heavy atom. The molecule has 0 aliphatic carbocycles. The highest BCUT2D eigenvalue weighted by Gasteiger charge is 2.41. The SMILES string of the molecule is CC(c1ccccc1)N1C(=O)c2ccc3c4c(F)cc5c6c(cc(F)c(c7ccc(c2c37)C1=O)c64)C(=O)N(C(C)c1ccccc1)C5=O. The Morgan fingerprint density at radius 2 is 0.812 bits per heavy atom. The van der Waals surface area contributed by atoms with E-state index in [0.717, 1.165) is 22.6 Å². The maximum Gasteiger partial charge on any atom is 0.262 e. The van der Waals surface area contributed by atoms with Crippen LogP contribution >= 0.6 is 0 Å². The van der Waals surface area contributed by atoms with E-state index in [1.54, 1.807) is 62.4 Å². The lowest BCUT2D eigenvalue weighted by Gasteiger charge is -2.34. The predicted molar refractivity (Wildman–Crippen MR) is 178 cm³/mol. The van der Waals surface area contributed by atoms with Crippen molar-refractivity contribution in [1.29, 1.82) is 0 Å². The van der Waals surface area contributed by atoms with Gasteiger partial charge in [0.1, 0.15) is 11.6 Å². The zero-order chi connectivity index (χ0) is 33.2. The first-order valence-electron chi connectivity index (χ1n) is 15.6. The van der Waals surface area contributed by atoms with Crippen molar-refractivity contribution < 1.29 is 28.0 Å². The fraction of sp³-hybridized carbons (Fsp3) is 0.100. The lowest BCUT2D eigenvalue weighted by atomic mass is 9.81. The van der Waals surface area contributed by atoms with Gasteiger partial charge in [0.05, 0.1) is 23.2 Å². The Bertz CT molecular complexity index is 2480. The quantitative estimate of drug-likeness (QED) is 0.110. The summed E-state index contributed by atoms with van der Waals surface area (Å²) >= 11 is 0. The average molecular weight is 635 g/mol. The number of hydrogen-bond donors (Lipinski definition) is 0. The van der Waals surface area contributed by atoms with Gasteiger partial charge in [-0.15, -0.1) is 0 Å². The third-order valence-corrected chi connectivity index (χ3v) is 10.1. The van der Waals surface area contributed by atoms with Crippen LogP contribution in [0.2, 0.25) is 0 Å². The molecule has 0 radical (unpaired) electrons. The van der Waals surface area contributed by atoms with E-state index in [1.807, 2.05) is 36.4 Å². The van der Waals surface area contributed by atoms with Crippen LogP contribution in [0, 0.1) is 11.6 Å². The standard InChI is InChI=1S/C40H24F2N2O4/c1-19(21-9-5-3-6-10-21)43-37(45)25-15-13-23-31-24(14-16-26(32(25)31)38(43)46)35-30(42)18-28-33-27(17-29(41)34(23)36(33)35)39(47)44(40(28)48)20(2)22-11-7-4-8-12-22/h3-20H,1-2H3. The molecule has 0 fully saturated rings. The van der Waals surface area contributed by atoms with Gasteiger partial charge in [0.15, 0.2) is 0 Å². The summed E-state index contributed by atoms with van der Waals surface area (Å²) in [7, 11) is 0. The summed E-state index contributed by atoms with van der Waals surface area (Å²) in [5.41, 5.74) is 1.91. The number of hydrogen-bond acceptors (Lipinski definition) is 4. The second-order valence-electron chi connectivity index (χ2n) is 12.5. The highest BCUT2D eigenvalue weighted by Crippen LogP contribution is 2.49. The van der Waals surface area contributed by atoms with Gasteiger partial charge in [-0.05, 0) is 65.4 Å². The third-order valence-electron chi connectivity index (χ3n) is 10.1. The average Bonchev–Trinajstić information content (AvgIpc) is 3.10. The largest absolute Gasteiger partial charge is 0.269 e. The van der Waals surface area contributed by atoms with Gasteiger partial charge in [0.2, 0.25) is 0 Å². The van der Waals surface area contributed by atoms with E-state index in [1.165, 1.54) is 4.90 Å². The van der Waals surface area contributed by atoms with Crippen molar-refractivity contribution in [2.24, 2.45) is 0 Å². The molecule has 6 nitrogen and oxygen atoms in total. The number of carbonyl (C=O) groups excluding carboxylic acids is 4. The van der Waals surface area contributed by atoms with Crippen LogP contribution < -0.4 is 0 Å². The fourth-order valence-corrected chi connectivity index (χ4v) is 7.87. The van der Waals surface area contributed by atoms with Gasteiger partial charge in [0.25, 0.3) is 23.6 Å². The molecule has 2 aliphatic heterocycles. The molecule has 7 aromatic carbocycles. The summed E-state index contributed by atoms with van der Waals surface area (Å²) in [5, 5.41) is 1.74. The van der Waals surface area contributed by atoms with Gasteiger partial charge >= 0.3 is 0 Å². The number of rotatable bonds is 4. The summed E-state index contributed by atoms with van der Waals surface area (Å²) in [6.07, 6.45) is 0. The number of benzene rings is 7. The van der Waals surface area contributed by atoms with Crippen molar-refractivity contribution >= 4 is 66.7 Å². The first-order chi connectivity index (χ1) is 23.2. The lowest BCUT2D eigenvalue weighted by molar-refractivity contribution is 0.0533. The minimum absolute atomic E-state index is 0.0193. The van der Waals surface area contributed by atoms with E-state index in [-0.39, 0.29) is 43.8 Å². The maximum absolute atomic E-state index is 16.5. The lowest BCUT2D eigenvalue weighted by Crippen LogP contribution is -2.42. The molecule has 0 spiro atoms. The molecule has 0 N–H and O–H groups in total. The third kappa shape index (κ3) is 3.49. The normalized spacial score (nSPS) is 15.8. The van der Waals surface area contributed by atoms with Crippen molar-refractivity contribution in [2.75, 3.05) is 0 Å². The molecule has 9 rings (SSSR count). The van der Waals surface area contributed by atoms with Crippen LogP contribution in [0.4, 0.5) is 8.78 Å². The number of fused-ring (bicyclic) bond motifs is 2. The number of imide groups is 2. The van der Waals surface area contributed by atoms with E-state index in [0.29, 0.717) is 27.1 Å². The zero-order valence-corrected chi connectivity index (χ0v) is 25.7. The Kier molecular flexibility index (Phi) is 5.73. The molecule has 8 heteroatoms. The van der Waals surface area contributed by atoms with Crippen LogP contribution in [-0.2, 0) is 0 Å². The molecule has 2 atom stereocenters. The number of nitrogens with zero attached hydrogens (tertiary/aromatic N) is 2. The summed E-state index contributed by atoms with van der Waals surface area (Å²) in [6, 6.07) is 25.5. The molecule has 4 amide bonds. The minimum atomic E-state index is -0.774. The van der Waals surface area contributed by atoms with Crippen LogP contribution in [0.3, 0.4) is 0 Å². The van der Waals surface area contributed by atoms with E-state index in [2.05, 4.69) is 0 Å². The maximum atomic E-state index is 16.5. The Labute approximate surface area is 272 Å². The number of amides is 4. The fourth-order valence-electron chi connectivity index (χ4n) is 7.87. The number of halogens is 2. The first kappa shape index (κ1) is 28.2. The zero-order valence-electron chi connectivity index (χ0n) is 25.7. The van der Waals surface area contributed by atoms with E-state index in [9.17, 15) is 19.2 Å². The van der Waals surface area contributed by atoms with Crippen LogP contribution in [0.15, 0.2) is 97.1 Å². The van der Waals surface area contributed by atoms with Crippen molar-refractivity contribution in [2.45, 2.75) is 25.9 Å². The molecule has 0 bridgehead atoms. The van der Waals surface area contributed by atoms with E-state index < -0.39 is 47.3 Å². The molecular weight excluding hydrogens is 610 g/mol. The molecule has 2 aliphatic rings. The summed E-state index contributed by atoms with van der Waals surface area (Å²) in [6.45, 7) is 3.48. The molecule has 0 saturated heterocycles. The van der Waals surface area contributed by atoms with Crippen molar-refractivity contribution in [3.05, 3.63) is 142 Å². The summed E-state index contributed by atoms with van der Waals surface area (Å²) < 4.78 is 33.0. The Morgan fingerprint density at radius 1 is 0.438 bits per heavy atom. The molecule has 2 unspecified atom stereocenters. The van der Waals surface area contributed by atoms with Gasteiger partial charge in [-0.1, -0.05) is 72.8 Å². The molecule has 48 heavy (non-hydrogen) atoms. The molecule has 7 aromatic rings. The van der Waals surface area contributed by atoms with Gasteiger partial charge in [-0.3, -0.25) is 29.0 Å². The van der Waals surface area contributed by atoms with Gasteiger partial charge in [-0.25, -0.2) is 8.78 Å². The Balaban J connectivity index is 1.31. The molecule has 232 valence electrons. The monoisotopic (exact) mass is 634 g/mol. The second-order valence-corrected chi connectivity index (χ2v) is 12.5. The van der Waals surface area contributed by atoms with Gasteiger partial charge in [0, 0.05) is 38.1 Å². The molecular formula is C40H24F2N2O4. The molecule has 2 heterocycles. The molecule has 0 saturated carbocycles. The van der Waals surface area contributed by atoms with E-state index in [4.69, 9.17) is 0 Å². The molecule has 0 aromatic heterocycles. The Hall–Kier alpha value is -6.02. The topological polar surface area (TPSA) is 74.8 Å². The number of carbonyl (C=O) groups is 4. The minimum Gasteiger partial charge on any atom is -0.269 e. The van der Waals surface area contributed by atoms with Crippen LogP contribution in [0.1, 0.15) is 78.5 Å². The van der Waals surface area contributed by atoms with Crippen LogP contribution in [-0.4, -0.2) is 33.4 Å².